The van der Waals surface area contributed by atoms with Gasteiger partial charge in [-0.05, 0) is 38.0 Å². The molecule has 0 aromatic heterocycles. The fraction of sp³-hybridized carbons (Fsp3) is 0.571. The lowest BCUT2D eigenvalue weighted by molar-refractivity contribution is -0.0356. The standard InChI is InChI=1S/C14H22O3/c1-4-13(17-6-3)14(15)11-7-9-12(10-8-11)16-5-2/h7-10,13-15H,4-6H2,1-3H3. The minimum absolute atomic E-state index is 0.141. The van der Waals surface area contributed by atoms with Crippen LogP contribution >= 0.6 is 0 Å². The molecule has 0 aliphatic heterocycles. The zero-order chi connectivity index (χ0) is 12.7. The average Bonchev–Trinajstić information content (AvgIpc) is 2.36. The van der Waals surface area contributed by atoms with Gasteiger partial charge >= 0.3 is 0 Å². The number of benzene rings is 1. The number of hydrogen-bond acceptors (Lipinski definition) is 3. The lowest BCUT2D eigenvalue weighted by Crippen LogP contribution is -2.21. The predicted molar refractivity (Wildman–Crippen MR) is 68.3 cm³/mol. The Hall–Kier alpha value is -1.06. The summed E-state index contributed by atoms with van der Waals surface area (Å²) in [5, 5.41) is 10.2. The van der Waals surface area contributed by atoms with E-state index in [0.29, 0.717) is 13.2 Å². The van der Waals surface area contributed by atoms with E-state index in [4.69, 9.17) is 9.47 Å². The molecule has 0 radical (unpaired) electrons. The van der Waals surface area contributed by atoms with E-state index in [1.54, 1.807) is 0 Å². The SMILES string of the molecule is CCOc1ccc(C(O)C(CC)OCC)cc1. The van der Waals surface area contributed by atoms with E-state index >= 15 is 0 Å². The molecule has 17 heavy (non-hydrogen) atoms. The minimum Gasteiger partial charge on any atom is -0.494 e. The molecule has 1 rings (SSSR count). The van der Waals surface area contributed by atoms with Gasteiger partial charge in [-0.1, -0.05) is 19.1 Å². The third kappa shape index (κ3) is 4.02. The maximum absolute atomic E-state index is 10.2. The van der Waals surface area contributed by atoms with Crippen LogP contribution in [0.3, 0.4) is 0 Å². The zero-order valence-corrected chi connectivity index (χ0v) is 10.8. The zero-order valence-electron chi connectivity index (χ0n) is 10.8. The van der Waals surface area contributed by atoms with Gasteiger partial charge in [0.05, 0.1) is 12.7 Å². The molecule has 2 atom stereocenters. The van der Waals surface area contributed by atoms with Gasteiger partial charge in [0, 0.05) is 6.61 Å². The van der Waals surface area contributed by atoms with Gasteiger partial charge in [-0.15, -0.1) is 0 Å². The minimum atomic E-state index is -0.573. The molecule has 0 bridgehead atoms. The van der Waals surface area contributed by atoms with E-state index in [2.05, 4.69) is 0 Å². The number of aliphatic hydroxyl groups is 1. The molecule has 3 heteroatoms. The molecule has 0 heterocycles. The van der Waals surface area contributed by atoms with Crippen molar-refractivity contribution in [2.75, 3.05) is 13.2 Å². The first-order chi connectivity index (χ1) is 8.22. The van der Waals surface area contributed by atoms with Crippen molar-refractivity contribution in [3.8, 4) is 5.75 Å². The van der Waals surface area contributed by atoms with E-state index in [1.807, 2.05) is 45.0 Å². The van der Waals surface area contributed by atoms with E-state index in [1.165, 1.54) is 0 Å². The van der Waals surface area contributed by atoms with Crippen molar-refractivity contribution in [3.63, 3.8) is 0 Å². The van der Waals surface area contributed by atoms with Crippen LogP contribution in [0, 0.1) is 0 Å². The highest BCUT2D eigenvalue weighted by atomic mass is 16.5. The summed E-state index contributed by atoms with van der Waals surface area (Å²) in [6.45, 7) is 7.17. The molecule has 0 saturated carbocycles. The lowest BCUT2D eigenvalue weighted by Gasteiger charge is -2.22. The van der Waals surface area contributed by atoms with E-state index < -0.39 is 6.10 Å². The smallest absolute Gasteiger partial charge is 0.119 e. The third-order valence-electron chi connectivity index (χ3n) is 2.67. The first-order valence-electron chi connectivity index (χ1n) is 6.25. The highest BCUT2D eigenvalue weighted by molar-refractivity contribution is 5.29. The highest BCUT2D eigenvalue weighted by Gasteiger charge is 2.19. The Labute approximate surface area is 103 Å². The maximum Gasteiger partial charge on any atom is 0.119 e. The highest BCUT2D eigenvalue weighted by Crippen LogP contribution is 2.23. The van der Waals surface area contributed by atoms with Gasteiger partial charge < -0.3 is 14.6 Å². The number of ether oxygens (including phenoxy) is 2. The largest absolute Gasteiger partial charge is 0.494 e. The van der Waals surface area contributed by atoms with Crippen LogP contribution < -0.4 is 4.74 Å². The van der Waals surface area contributed by atoms with Crippen molar-refractivity contribution in [2.24, 2.45) is 0 Å². The number of hydrogen-bond donors (Lipinski definition) is 1. The van der Waals surface area contributed by atoms with E-state index in [-0.39, 0.29) is 6.10 Å². The first kappa shape index (κ1) is 14.0. The van der Waals surface area contributed by atoms with Crippen molar-refractivity contribution in [2.45, 2.75) is 39.4 Å². The molecule has 96 valence electrons. The molecule has 1 N–H and O–H groups in total. The Morgan fingerprint density at radius 3 is 2.18 bits per heavy atom. The van der Waals surface area contributed by atoms with Gasteiger partial charge in [0.1, 0.15) is 11.9 Å². The summed E-state index contributed by atoms with van der Waals surface area (Å²) in [5.41, 5.74) is 0.869. The van der Waals surface area contributed by atoms with Crippen LogP contribution in [0.15, 0.2) is 24.3 Å². The van der Waals surface area contributed by atoms with Gasteiger partial charge in [0.2, 0.25) is 0 Å². The summed E-state index contributed by atoms with van der Waals surface area (Å²) in [6.07, 6.45) is 0.0796. The van der Waals surface area contributed by atoms with Crippen LogP contribution in [0.25, 0.3) is 0 Å². The second kappa shape index (κ2) is 7.30. The Kier molecular flexibility index (Phi) is 6.01. The van der Waals surface area contributed by atoms with Crippen molar-refractivity contribution in [1.82, 2.24) is 0 Å². The Bertz CT molecular complexity index is 308. The Morgan fingerprint density at radius 2 is 1.71 bits per heavy atom. The van der Waals surface area contributed by atoms with Crippen LogP contribution in [0.2, 0.25) is 0 Å². The molecule has 0 fully saturated rings. The summed E-state index contributed by atoms with van der Waals surface area (Å²) in [4.78, 5) is 0. The summed E-state index contributed by atoms with van der Waals surface area (Å²) >= 11 is 0. The summed E-state index contributed by atoms with van der Waals surface area (Å²) in [5.74, 6) is 0.827. The molecule has 0 spiro atoms. The van der Waals surface area contributed by atoms with Crippen LogP contribution in [0.4, 0.5) is 0 Å². The summed E-state index contributed by atoms with van der Waals surface area (Å²) in [6, 6.07) is 7.52. The topological polar surface area (TPSA) is 38.7 Å². The van der Waals surface area contributed by atoms with Crippen LogP contribution in [-0.4, -0.2) is 24.4 Å². The second-order valence-corrected chi connectivity index (χ2v) is 3.85. The van der Waals surface area contributed by atoms with Gasteiger partial charge in [-0.25, -0.2) is 0 Å². The van der Waals surface area contributed by atoms with E-state index in [0.717, 1.165) is 17.7 Å². The monoisotopic (exact) mass is 238 g/mol. The lowest BCUT2D eigenvalue weighted by atomic mass is 10.0. The van der Waals surface area contributed by atoms with Crippen LogP contribution in [0.5, 0.6) is 5.75 Å². The first-order valence-corrected chi connectivity index (χ1v) is 6.25. The molecule has 0 aliphatic rings. The molecule has 0 aliphatic carbocycles. The third-order valence-corrected chi connectivity index (χ3v) is 2.67. The van der Waals surface area contributed by atoms with Gasteiger partial charge in [-0.2, -0.15) is 0 Å². The van der Waals surface area contributed by atoms with Gasteiger partial charge in [-0.3, -0.25) is 0 Å². The van der Waals surface area contributed by atoms with Gasteiger partial charge in [0.25, 0.3) is 0 Å². The predicted octanol–water partition coefficient (Wildman–Crippen LogP) is 2.93. The molecule has 1 aromatic rings. The van der Waals surface area contributed by atoms with Gasteiger partial charge in [0.15, 0.2) is 0 Å². The van der Waals surface area contributed by atoms with E-state index in [9.17, 15) is 5.11 Å². The molecule has 0 saturated heterocycles. The molecule has 2 unspecified atom stereocenters. The van der Waals surface area contributed by atoms with Crippen molar-refractivity contribution in [3.05, 3.63) is 29.8 Å². The number of rotatable bonds is 7. The molecule has 0 amide bonds. The average molecular weight is 238 g/mol. The van der Waals surface area contributed by atoms with Crippen LogP contribution in [-0.2, 0) is 4.74 Å². The fourth-order valence-corrected chi connectivity index (χ4v) is 1.79. The quantitative estimate of drug-likeness (QED) is 0.793. The summed E-state index contributed by atoms with van der Waals surface area (Å²) < 4.78 is 10.9. The fourth-order valence-electron chi connectivity index (χ4n) is 1.79. The van der Waals surface area contributed by atoms with Crippen molar-refractivity contribution < 1.29 is 14.6 Å². The molecular formula is C14H22O3. The Balaban J connectivity index is 2.70. The molecule has 1 aromatic carbocycles. The van der Waals surface area contributed by atoms with Crippen molar-refractivity contribution in [1.29, 1.82) is 0 Å². The Morgan fingerprint density at radius 1 is 1.06 bits per heavy atom. The van der Waals surface area contributed by atoms with Crippen LogP contribution in [0.1, 0.15) is 38.9 Å². The van der Waals surface area contributed by atoms with Crippen molar-refractivity contribution >= 4 is 0 Å². The molecular weight excluding hydrogens is 216 g/mol. The second-order valence-electron chi connectivity index (χ2n) is 3.85. The molecule has 3 nitrogen and oxygen atoms in total. The number of aliphatic hydroxyl groups excluding tert-OH is 1. The normalized spacial score (nSPS) is 14.4. The summed E-state index contributed by atoms with van der Waals surface area (Å²) in [7, 11) is 0. The maximum atomic E-state index is 10.2.